The Bertz CT molecular complexity index is 358. The van der Waals surface area contributed by atoms with Crippen molar-refractivity contribution < 1.29 is 24.2 Å². The number of carbonyl (C=O) groups is 3. The molecular formula is C10H14N2O5. The van der Waals surface area contributed by atoms with Crippen LogP contribution in [0.1, 0.15) is 13.3 Å². The Morgan fingerprint density at radius 3 is 2.59 bits per heavy atom. The molecule has 0 aromatic heterocycles. The fourth-order valence-corrected chi connectivity index (χ4v) is 1.37. The quantitative estimate of drug-likeness (QED) is 0.586. The van der Waals surface area contributed by atoms with Crippen LogP contribution >= 0.6 is 0 Å². The van der Waals surface area contributed by atoms with Gasteiger partial charge in [0.15, 0.2) is 0 Å². The van der Waals surface area contributed by atoms with Crippen LogP contribution in [0.15, 0.2) is 12.2 Å². The van der Waals surface area contributed by atoms with Crippen molar-refractivity contribution in [2.45, 2.75) is 18.9 Å². The van der Waals surface area contributed by atoms with Gasteiger partial charge in [-0.05, 0) is 13.3 Å². The number of imide groups is 1. The van der Waals surface area contributed by atoms with Gasteiger partial charge in [-0.2, -0.15) is 0 Å². The van der Waals surface area contributed by atoms with Gasteiger partial charge < -0.3 is 15.2 Å². The highest BCUT2D eigenvalue weighted by Crippen LogP contribution is 2.16. The summed E-state index contributed by atoms with van der Waals surface area (Å²) in [5.41, 5.74) is -0.485. The van der Waals surface area contributed by atoms with Crippen molar-refractivity contribution in [1.29, 1.82) is 0 Å². The predicted molar refractivity (Wildman–Crippen MR) is 57.3 cm³/mol. The third-order valence-corrected chi connectivity index (χ3v) is 2.25. The lowest BCUT2D eigenvalue weighted by atomic mass is 10.0. The highest BCUT2D eigenvalue weighted by Gasteiger charge is 2.31. The van der Waals surface area contributed by atoms with E-state index in [9.17, 15) is 14.4 Å². The topological polar surface area (TPSA) is 105 Å². The van der Waals surface area contributed by atoms with Gasteiger partial charge in [0.1, 0.15) is 0 Å². The molecule has 0 spiro atoms. The molecule has 1 atom stereocenters. The third-order valence-electron chi connectivity index (χ3n) is 2.25. The smallest absolute Gasteiger partial charge is 0.328 e. The molecule has 1 rings (SSSR count). The first-order valence-electron chi connectivity index (χ1n) is 5.03. The van der Waals surface area contributed by atoms with Crippen molar-refractivity contribution in [2.24, 2.45) is 0 Å². The third kappa shape index (κ3) is 4.64. The van der Waals surface area contributed by atoms with Crippen LogP contribution in [-0.2, 0) is 14.3 Å². The van der Waals surface area contributed by atoms with E-state index < -0.39 is 23.4 Å². The molecule has 1 unspecified atom stereocenters. The van der Waals surface area contributed by atoms with Crippen LogP contribution in [0.25, 0.3) is 0 Å². The molecule has 1 aliphatic heterocycles. The molecule has 0 bridgehead atoms. The van der Waals surface area contributed by atoms with Crippen molar-refractivity contribution in [1.82, 2.24) is 10.6 Å². The van der Waals surface area contributed by atoms with Crippen LogP contribution in [-0.4, -0.2) is 41.8 Å². The number of carbonyl (C=O) groups excluding carboxylic acids is 2. The highest BCUT2D eigenvalue weighted by atomic mass is 16.5. The zero-order chi connectivity index (χ0) is 12.9. The largest absolute Gasteiger partial charge is 0.478 e. The molecule has 1 heterocycles. The lowest BCUT2D eigenvalue weighted by Gasteiger charge is -2.22. The van der Waals surface area contributed by atoms with Gasteiger partial charge >= 0.3 is 12.0 Å². The number of nitrogens with one attached hydrogen (secondary N) is 2. The molecular weight excluding hydrogens is 228 g/mol. The Balaban J connectivity index is 2.39. The van der Waals surface area contributed by atoms with Crippen molar-refractivity contribution >= 4 is 17.9 Å². The van der Waals surface area contributed by atoms with Gasteiger partial charge in [0, 0.05) is 18.8 Å². The summed E-state index contributed by atoms with van der Waals surface area (Å²) in [6, 6.07) is -0.668. The Morgan fingerprint density at radius 1 is 1.35 bits per heavy atom. The maximum atomic E-state index is 11.4. The second-order valence-corrected chi connectivity index (χ2v) is 3.98. The fraction of sp³-hybridized carbons (Fsp3) is 0.500. The van der Waals surface area contributed by atoms with Crippen LogP contribution in [0.4, 0.5) is 4.79 Å². The first kappa shape index (κ1) is 13.2. The maximum Gasteiger partial charge on any atom is 0.328 e. The van der Waals surface area contributed by atoms with Crippen molar-refractivity contribution in [3.05, 3.63) is 12.2 Å². The van der Waals surface area contributed by atoms with E-state index in [4.69, 9.17) is 9.84 Å². The number of urea groups is 1. The number of aliphatic carboxylic acids is 1. The molecule has 7 heteroatoms. The normalized spacial score (nSPS) is 23.6. The SMILES string of the molecule is CC1(NC(=O)NC(=O)/C=C/C(=O)O)CCOC1. The fourth-order valence-electron chi connectivity index (χ4n) is 1.37. The van der Waals surface area contributed by atoms with E-state index in [1.807, 2.05) is 5.32 Å². The monoisotopic (exact) mass is 242 g/mol. The first-order chi connectivity index (χ1) is 7.91. The lowest BCUT2D eigenvalue weighted by molar-refractivity contribution is -0.131. The molecule has 0 aromatic carbocycles. The predicted octanol–water partition coefficient (Wildman–Crippen LogP) is -0.368. The van der Waals surface area contributed by atoms with Gasteiger partial charge in [0.05, 0.1) is 12.1 Å². The first-order valence-corrected chi connectivity index (χ1v) is 5.03. The molecule has 7 nitrogen and oxygen atoms in total. The van der Waals surface area contributed by atoms with E-state index in [-0.39, 0.29) is 0 Å². The summed E-state index contributed by atoms with van der Waals surface area (Å²) < 4.78 is 5.13. The van der Waals surface area contributed by atoms with E-state index in [0.29, 0.717) is 25.7 Å². The number of rotatable bonds is 3. The summed E-state index contributed by atoms with van der Waals surface area (Å²) in [7, 11) is 0. The van der Waals surface area contributed by atoms with E-state index in [1.165, 1.54) is 0 Å². The van der Waals surface area contributed by atoms with E-state index >= 15 is 0 Å². The highest BCUT2D eigenvalue weighted by molar-refractivity contribution is 6.02. The van der Waals surface area contributed by atoms with Gasteiger partial charge in [-0.15, -0.1) is 0 Å². The second kappa shape index (κ2) is 5.44. The number of amides is 3. The number of hydrogen-bond donors (Lipinski definition) is 3. The lowest BCUT2D eigenvalue weighted by Crippen LogP contribution is -2.51. The van der Waals surface area contributed by atoms with Crippen LogP contribution in [0, 0.1) is 0 Å². The van der Waals surface area contributed by atoms with E-state index in [1.54, 1.807) is 6.92 Å². The Kier molecular flexibility index (Phi) is 4.22. The van der Waals surface area contributed by atoms with Crippen LogP contribution in [0.3, 0.4) is 0 Å². The Labute approximate surface area is 97.8 Å². The van der Waals surface area contributed by atoms with Crippen molar-refractivity contribution in [3.8, 4) is 0 Å². The summed E-state index contributed by atoms with van der Waals surface area (Å²) in [5, 5.41) is 12.9. The van der Waals surface area contributed by atoms with E-state index in [2.05, 4.69) is 5.32 Å². The Hall–Kier alpha value is -1.89. The van der Waals surface area contributed by atoms with Gasteiger partial charge in [-0.25, -0.2) is 9.59 Å². The Morgan fingerprint density at radius 2 is 2.06 bits per heavy atom. The number of hydrogen-bond acceptors (Lipinski definition) is 4. The summed E-state index contributed by atoms with van der Waals surface area (Å²) in [5.74, 6) is -2.04. The minimum Gasteiger partial charge on any atom is -0.478 e. The molecule has 1 aliphatic rings. The summed E-state index contributed by atoms with van der Waals surface area (Å²) in [6.07, 6.45) is 2.10. The standard InChI is InChI=1S/C10H14N2O5/c1-10(4-5-17-6-10)12-9(16)11-7(13)2-3-8(14)15/h2-3H,4-6H2,1H3,(H,14,15)(H2,11,12,13,16)/b3-2+. The zero-order valence-electron chi connectivity index (χ0n) is 9.36. The van der Waals surface area contributed by atoms with Gasteiger partial charge in [0.2, 0.25) is 0 Å². The van der Waals surface area contributed by atoms with Crippen LogP contribution < -0.4 is 10.6 Å². The second-order valence-electron chi connectivity index (χ2n) is 3.98. The number of carboxylic acid groups (broad SMARTS) is 1. The number of carboxylic acids is 1. The molecule has 1 saturated heterocycles. The molecule has 0 aliphatic carbocycles. The van der Waals surface area contributed by atoms with Crippen molar-refractivity contribution in [3.63, 3.8) is 0 Å². The summed E-state index contributed by atoms with van der Waals surface area (Å²) >= 11 is 0. The van der Waals surface area contributed by atoms with E-state index in [0.717, 1.165) is 6.08 Å². The minimum absolute atomic E-state index is 0.388. The summed E-state index contributed by atoms with van der Waals surface area (Å²) in [4.78, 5) is 32.6. The number of ether oxygens (including phenoxy) is 1. The van der Waals surface area contributed by atoms with Crippen molar-refractivity contribution in [2.75, 3.05) is 13.2 Å². The molecule has 94 valence electrons. The molecule has 0 radical (unpaired) electrons. The zero-order valence-corrected chi connectivity index (χ0v) is 9.36. The average Bonchev–Trinajstić information content (AvgIpc) is 2.61. The molecule has 0 saturated carbocycles. The molecule has 17 heavy (non-hydrogen) atoms. The summed E-state index contributed by atoms with van der Waals surface area (Å²) in [6.45, 7) is 2.75. The molecule has 3 N–H and O–H groups in total. The van der Waals surface area contributed by atoms with Gasteiger partial charge in [-0.1, -0.05) is 0 Å². The van der Waals surface area contributed by atoms with Gasteiger partial charge in [-0.3, -0.25) is 10.1 Å². The van der Waals surface area contributed by atoms with Crippen LogP contribution in [0.2, 0.25) is 0 Å². The molecule has 0 aromatic rings. The maximum absolute atomic E-state index is 11.4. The molecule has 1 fully saturated rings. The van der Waals surface area contributed by atoms with Gasteiger partial charge in [0.25, 0.3) is 5.91 Å². The minimum atomic E-state index is -1.25. The van der Waals surface area contributed by atoms with Crippen LogP contribution in [0.5, 0.6) is 0 Å². The average molecular weight is 242 g/mol. The molecule has 3 amide bonds.